The zero-order valence-corrected chi connectivity index (χ0v) is 34.8. The Morgan fingerprint density at radius 3 is 1.77 bits per heavy atom. The van der Waals surface area contributed by atoms with Crippen LogP contribution in [-0.2, 0) is 18.4 Å². The third-order valence-corrected chi connectivity index (χ3v) is 9.82. The minimum atomic E-state index is -4.68. The number of nitrogens with one attached hydrogen (secondary N) is 1. The van der Waals surface area contributed by atoms with Gasteiger partial charge >= 0.3 is 0 Å². The largest absolute Gasteiger partial charge is 0.756 e. The van der Waals surface area contributed by atoms with E-state index in [1.165, 1.54) is 51.4 Å². The van der Waals surface area contributed by atoms with Gasteiger partial charge in [-0.15, -0.1) is 0 Å². The number of allylic oxidation sites excluding steroid dienone is 8. The molecule has 9 nitrogen and oxygen atoms in total. The van der Waals surface area contributed by atoms with Crippen molar-refractivity contribution in [1.29, 1.82) is 0 Å². The predicted molar refractivity (Wildman–Crippen MR) is 216 cm³/mol. The number of carbonyl (C=O) groups excluding carboxylic acids is 1. The Balaban J connectivity index is 4.66. The highest BCUT2D eigenvalue weighted by Crippen LogP contribution is 2.38. The van der Waals surface area contributed by atoms with E-state index in [0.29, 0.717) is 30.3 Å². The van der Waals surface area contributed by atoms with Gasteiger partial charge in [0.2, 0.25) is 5.91 Å². The number of phosphoric acid groups is 1. The van der Waals surface area contributed by atoms with Gasteiger partial charge < -0.3 is 34.0 Å². The third-order valence-electron chi connectivity index (χ3n) is 8.86. The quantitative estimate of drug-likeness (QED) is 0.0252. The first-order valence-electron chi connectivity index (χ1n) is 20.6. The number of likely N-dealkylation sites (N-methyl/N-ethyl adjacent to an activating group) is 1. The molecule has 4 atom stereocenters. The lowest BCUT2D eigenvalue weighted by Crippen LogP contribution is -2.51. The summed E-state index contributed by atoms with van der Waals surface area (Å²) in [7, 11) is 1.08. The van der Waals surface area contributed by atoms with Crippen molar-refractivity contribution in [3.05, 3.63) is 48.6 Å². The van der Waals surface area contributed by atoms with Crippen LogP contribution in [0.3, 0.4) is 0 Å². The van der Waals surface area contributed by atoms with Gasteiger partial charge in [0, 0.05) is 6.42 Å². The lowest BCUT2D eigenvalue weighted by Gasteiger charge is -2.31. The molecule has 1 amide bonds. The van der Waals surface area contributed by atoms with Crippen LogP contribution in [0.1, 0.15) is 155 Å². The Hall–Kier alpha value is -1.58. The number of quaternary nitrogens is 1. The van der Waals surface area contributed by atoms with Crippen LogP contribution in [0.15, 0.2) is 48.6 Å². The van der Waals surface area contributed by atoms with Crippen LogP contribution < -0.4 is 10.2 Å². The summed E-state index contributed by atoms with van der Waals surface area (Å²) in [6.45, 7) is 4.32. The standard InChI is InChI=1S/C42H79N2O7P/c1-6-8-10-12-14-16-18-20-21-22-23-25-27-29-31-33-35-41(46)43-39(38-51-52(48,49)50-37-36-44(3,4)5)42(47)40(45)34-32-30-28-26-24-19-17-15-13-11-9-7-2/h15-18,21-22,26,28,39-40,42,45,47H,6-14,19-20,23-25,27,29-38H2,1-5H3,(H-,43,46,48,49)/b17-15+,18-16-,22-21-,28-26+. The number of carbonyl (C=O) groups is 1. The smallest absolute Gasteiger partial charge is 0.268 e. The van der Waals surface area contributed by atoms with Crippen molar-refractivity contribution >= 4 is 13.7 Å². The van der Waals surface area contributed by atoms with Gasteiger partial charge in [0.15, 0.2) is 0 Å². The zero-order valence-electron chi connectivity index (χ0n) is 33.9. The molecule has 0 spiro atoms. The van der Waals surface area contributed by atoms with Gasteiger partial charge in [0.25, 0.3) is 7.82 Å². The van der Waals surface area contributed by atoms with Crippen molar-refractivity contribution in [2.75, 3.05) is 40.9 Å². The predicted octanol–water partition coefficient (Wildman–Crippen LogP) is 9.25. The van der Waals surface area contributed by atoms with Crippen molar-refractivity contribution in [1.82, 2.24) is 5.32 Å². The van der Waals surface area contributed by atoms with Crippen molar-refractivity contribution in [3.63, 3.8) is 0 Å². The molecule has 0 aromatic carbocycles. The molecule has 0 saturated carbocycles. The highest BCUT2D eigenvalue weighted by Gasteiger charge is 2.29. The molecule has 0 rings (SSSR count). The Kier molecular flexibility index (Phi) is 32.9. The van der Waals surface area contributed by atoms with Gasteiger partial charge in [-0.3, -0.25) is 9.36 Å². The molecule has 304 valence electrons. The number of hydrogen-bond acceptors (Lipinski definition) is 7. The fraction of sp³-hybridized carbons (Fsp3) is 0.786. The van der Waals surface area contributed by atoms with Gasteiger partial charge in [-0.25, -0.2) is 0 Å². The molecular weight excluding hydrogens is 675 g/mol. The normalized spacial score (nSPS) is 15.6. The minimum Gasteiger partial charge on any atom is -0.756 e. The average Bonchev–Trinajstić information content (AvgIpc) is 3.09. The number of nitrogens with zero attached hydrogens (tertiary/aromatic N) is 1. The van der Waals surface area contributed by atoms with Crippen molar-refractivity contribution in [2.24, 2.45) is 0 Å². The first-order valence-corrected chi connectivity index (χ1v) is 22.0. The number of amides is 1. The number of aliphatic hydroxyl groups excluding tert-OH is 2. The van der Waals surface area contributed by atoms with Gasteiger partial charge in [0.1, 0.15) is 19.3 Å². The maximum Gasteiger partial charge on any atom is 0.268 e. The highest BCUT2D eigenvalue weighted by atomic mass is 31.2. The molecule has 3 N–H and O–H groups in total. The van der Waals surface area contributed by atoms with E-state index >= 15 is 0 Å². The molecule has 0 aliphatic carbocycles. The fourth-order valence-electron chi connectivity index (χ4n) is 5.47. The van der Waals surface area contributed by atoms with Crippen LogP contribution in [-0.4, -0.2) is 79.8 Å². The molecule has 0 fully saturated rings. The second kappa shape index (κ2) is 33.9. The Morgan fingerprint density at radius 1 is 0.692 bits per heavy atom. The molecule has 0 bridgehead atoms. The SMILES string of the molecule is CCCCC/C=C/CC/C=C/CCCC(O)C(O)C(COP(=O)([O-])OCC[N+](C)(C)C)NC(=O)CCCCCCC/C=C\C/C=C\CCCCCC. The lowest BCUT2D eigenvalue weighted by molar-refractivity contribution is -0.870. The zero-order chi connectivity index (χ0) is 38.8. The summed E-state index contributed by atoms with van der Waals surface area (Å²) in [6.07, 6.45) is 37.2. The number of hydrogen-bond donors (Lipinski definition) is 3. The Bertz CT molecular complexity index is 1010. The van der Waals surface area contributed by atoms with Crippen molar-refractivity contribution in [2.45, 2.75) is 173 Å². The second-order valence-electron chi connectivity index (χ2n) is 15.1. The van der Waals surface area contributed by atoms with E-state index in [-0.39, 0.29) is 18.9 Å². The number of aliphatic hydroxyl groups is 2. The van der Waals surface area contributed by atoms with E-state index in [1.54, 1.807) is 0 Å². The Labute approximate surface area is 319 Å². The van der Waals surface area contributed by atoms with Gasteiger partial charge in [-0.05, 0) is 83.5 Å². The summed E-state index contributed by atoms with van der Waals surface area (Å²) in [5.74, 6) is -0.310. The number of unbranched alkanes of at least 4 members (excludes halogenated alkanes) is 14. The van der Waals surface area contributed by atoms with E-state index < -0.39 is 32.7 Å². The van der Waals surface area contributed by atoms with E-state index in [0.717, 1.165) is 64.2 Å². The maximum absolute atomic E-state index is 12.8. The van der Waals surface area contributed by atoms with Crippen LogP contribution in [0.4, 0.5) is 0 Å². The highest BCUT2D eigenvalue weighted by molar-refractivity contribution is 7.45. The van der Waals surface area contributed by atoms with Gasteiger partial charge in [0.05, 0.1) is 39.9 Å². The van der Waals surface area contributed by atoms with E-state index in [1.807, 2.05) is 21.1 Å². The monoisotopic (exact) mass is 755 g/mol. The first kappa shape index (κ1) is 50.4. The van der Waals surface area contributed by atoms with Gasteiger partial charge in [-0.2, -0.15) is 0 Å². The van der Waals surface area contributed by atoms with Crippen LogP contribution in [0.5, 0.6) is 0 Å². The molecule has 0 aromatic heterocycles. The van der Waals surface area contributed by atoms with Crippen LogP contribution in [0.2, 0.25) is 0 Å². The van der Waals surface area contributed by atoms with E-state index in [2.05, 4.69) is 67.8 Å². The van der Waals surface area contributed by atoms with Crippen LogP contribution in [0, 0.1) is 0 Å². The van der Waals surface area contributed by atoms with Gasteiger partial charge in [-0.1, -0.05) is 114 Å². The molecule has 0 aromatic rings. The molecule has 4 unspecified atom stereocenters. The summed E-state index contributed by atoms with van der Waals surface area (Å²) in [5, 5.41) is 24.5. The first-order chi connectivity index (χ1) is 24.9. The molecule has 52 heavy (non-hydrogen) atoms. The topological polar surface area (TPSA) is 128 Å². The molecule has 0 aliphatic heterocycles. The minimum absolute atomic E-state index is 0.0534. The molecule has 0 radical (unpaired) electrons. The lowest BCUT2D eigenvalue weighted by atomic mass is 10.0. The van der Waals surface area contributed by atoms with Crippen LogP contribution in [0.25, 0.3) is 0 Å². The summed E-state index contributed by atoms with van der Waals surface area (Å²) < 4.78 is 23.0. The van der Waals surface area contributed by atoms with E-state index in [9.17, 15) is 24.5 Å². The summed E-state index contributed by atoms with van der Waals surface area (Å²) in [6, 6.07) is -1.10. The average molecular weight is 755 g/mol. The summed E-state index contributed by atoms with van der Waals surface area (Å²) in [4.78, 5) is 25.3. The van der Waals surface area contributed by atoms with Crippen LogP contribution >= 0.6 is 7.82 Å². The molecule has 0 heterocycles. The number of rotatable bonds is 36. The van der Waals surface area contributed by atoms with E-state index in [4.69, 9.17) is 9.05 Å². The molecular formula is C42H79N2O7P. The molecule has 0 aliphatic rings. The molecule has 0 saturated heterocycles. The fourth-order valence-corrected chi connectivity index (χ4v) is 6.20. The maximum atomic E-state index is 12.8. The molecule has 10 heteroatoms. The third kappa shape index (κ3) is 34.2. The summed E-state index contributed by atoms with van der Waals surface area (Å²) in [5.41, 5.74) is 0. The number of phosphoric ester groups is 1. The second-order valence-corrected chi connectivity index (χ2v) is 16.5. The summed E-state index contributed by atoms with van der Waals surface area (Å²) >= 11 is 0. The van der Waals surface area contributed by atoms with Crippen molar-refractivity contribution in [3.8, 4) is 0 Å². The van der Waals surface area contributed by atoms with Crippen molar-refractivity contribution < 1.29 is 38.0 Å². The Morgan fingerprint density at radius 2 is 1.17 bits per heavy atom.